The zero-order valence-corrected chi connectivity index (χ0v) is 14.4. The molecule has 0 aromatic carbocycles. The van der Waals surface area contributed by atoms with Gasteiger partial charge in [0.15, 0.2) is 0 Å². The highest BCUT2D eigenvalue weighted by Gasteiger charge is 2.37. The molecular weight excluding hydrogens is 324 g/mol. The number of hydrogen-bond acceptors (Lipinski definition) is 4. The summed E-state index contributed by atoms with van der Waals surface area (Å²) in [5, 5.41) is 16.1. The fourth-order valence-corrected chi connectivity index (χ4v) is 4.02. The van der Waals surface area contributed by atoms with Gasteiger partial charge in [-0.2, -0.15) is 11.3 Å². The highest BCUT2D eigenvalue weighted by molar-refractivity contribution is 7.08. The van der Waals surface area contributed by atoms with Crippen LogP contribution in [-0.4, -0.2) is 27.5 Å². The van der Waals surface area contributed by atoms with Gasteiger partial charge in [-0.3, -0.25) is 14.6 Å². The van der Waals surface area contributed by atoms with Gasteiger partial charge < -0.3 is 10.4 Å². The van der Waals surface area contributed by atoms with Crippen LogP contribution in [0.15, 0.2) is 29.0 Å². The topological polar surface area (TPSA) is 79.3 Å². The van der Waals surface area contributed by atoms with Crippen molar-refractivity contribution in [2.45, 2.75) is 44.6 Å². The third-order valence-corrected chi connectivity index (χ3v) is 5.26. The number of carboxylic acids is 1. The predicted molar refractivity (Wildman–Crippen MR) is 93.2 cm³/mol. The van der Waals surface area contributed by atoms with Crippen molar-refractivity contribution in [2.24, 2.45) is 0 Å². The van der Waals surface area contributed by atoms with Gasteiger partial charge in [0.2, 0.25) is 0 Å². The van der Waals surface area contributed by atoms with Crippen LogP contribution in [0, 0.1) is 6.92 Å². The summed E-state index contributed by atoms with van der Waals surface area (Å²) >= 11 is 1.60. The first kappa shape index (κ1) is 16.6. The van der Waals surface area contributed by atoms with Crippen molar-refractivity contribution in [3.63, 3.8) is 0 Å². The van der Waals surface area contributed by atoms with Gasteiger partial charge in [-0.05, 0) is 43.3 Å². The first-order valence-corrected chi connectivity index (χ1v) is 8.98. The lowest BCUT2D eigenvalue weighted by molar-refractivity contribution is -0.138. The van der Waals surface area contributed by atoms with Crippen molar-refractivity contribution < 1.29 is 14.7 Å². The number of aryl methyl sites for hydroxylation is 1. The van der Waals surface area contributed by atoms with E-state index in [1.54, 1.807) is 17.4 Å². The molecule has 2 aromatic heterocycles. The van der Waals surface area contributed by atoms with Crippen molar-refractivity contribution in [2.75, 3.05) is 0 Å². The number of pyridine rings is 1. The highest BCUT2D eigenvalue weighted by atomic mass is 32.1. The molecule has 0 radical (unpaired) electrons. The smallest absolute Gasteiger partial charge is 0.305 e. The van der Waals surface area contributed by atoms with E-state index in [0.717, 1.165) is 24.1 Å². The Balaban J connectivity index is 1.80. The highest BCUT2D eigenvalue weighted by Crippen LogP contribution is 2.33. The molecule has 0 unspecified atom stereocenters. The zero-order chi connectivity index (χ0) is 17.2. The van der Waals surface area contributed by atoms with E-state index >= 15 is 0 Å². The van der Waals surface area contributed by atoms with Crippen LogP contribution in [0.25, 0.3) is 11.3 Å². The standard InChI is InChI=1S/C18H20N2O3S/c1-12-14(4-5-15(19-12)13-6-9-24-11-13)17(23)20-18(10-16(21)22)7-2-3-8-18/h4-6,9,11H,2-3,7-8,10H2,1H3,(H,20,23)(H,21,22). The van der Waals surface area contributed by atoms with Crippen LogP contribution in [0.5, 0.6) is 0 Å². The van der Waals surface area contributed by atoms with Crippen molar-refractivity contribution in [1.82, 2.24) is 10.3 Å². The Morgan fingerprint density at radius 1 is 1.29 bits per heavy atom. The normalized spacial score (nSPS) is 16.0. The Morgan fingerprint density at radius 3 is 2.62 bits per heavy atom. The average Bonchev–Trinajstić information content (AvgIpc) is 3.18. The summed E-state index contributed by atoms with van der Waals surface area (Å²) in [6.45, 7) is 1.81. The number of carbonyl (C=O) groups excluding carboxylic acids is 1. The number of rotatable bonds is 5. The van der Waals surface area contributed by atoms with E-state index in [1.165, 1.54) is 0 Å². The first-order chi connectivity index (χ1) is 11.5. The Hall–Kier alpha value is -2.21. The molecule has 2 aromatic rings. The Kier molecular flexibility index (Phi) is 4.66. The minimum absolute atomic E-state index is 0.0296. The van der Waals surface area contributed by atoms with Gasteiger partial charge in [-0.25, -0.2) is 0 Å². The maximum atomic E-state index is 12.7. The summed E-state index contributed by atoms with van der Waals surface area (Å²) in [5.41, 5.74) is 2.41. The zero-order valence-electron chi connectivity index (χ0n) is 13.5. The number of nitrogens with zero attached hydrogens (tertiary/aromatic N) is 1. The number of aromatic nitrogens is 1. The van der Waals surface area contributed by atoms with Crippen LogP contribution in [0.2, 0.25) is 0 Å². The second-order valence-corrected chi connectivity index (χ2v) is 7.13. The maximum absolute atomic E-state index is 12.7. The number of nitrogens with one attached hydrogen (secondary N) is 1. The minimum Gasteiger partial charge on any atom is -0.481 e. The predicted octanol–water partition coefficient (Wildman–Crippen LogP) is 3.64. The second kappa shape index (κ2) is 6.73. The van der Waals surface area contributed by atoms with Crippen LogP contribution in [-0.2, 0) is 4.79 Å². The van der Waals surface area contributed by atoms with E-state index in [-0.39, 0.29) is 12.3 Å². The number of carboxylic acid groups (broad SMARTS) is 1. The van der Waals surface area contributed by atoms with Gasteiger partial charge in [0.25, 0.3) is 5.91 Å². The lowest BCUT2D eigenvalue weighted by Gasteiger charge is -2.29. The molecule has 2 heterocycles. The van der Waals surface area contributed by atoms with Crippen LogP contribution < -0.4 is 5.32 Å². The van der Waals surface area contributed by atoms with Crippen molar-refractivity contribution >= 4 is 23.2 Å². The van der Waals surface area contributed by atoms with Gasteiger partial charge in [-0.15, -0.1) is 0 Å². The van der Waals surface area contributed by atoms with Gasteiger partial charge >= 0.3 is 5.97 Å². The summed E-state index contributed by atoms with van der Waals surface area (Å²) in [5.74, 6) is -1.11. The van der Waals surface area contributed by atoms with Crippen molar-refractivity contribution in [3.8, 4) is 11.3 Å². The largest absolute Gasteiger partial charge is 0.481 e. The molecule has 1 aliphatic rings. The molecular formula is C18H20N2O3S. The quantitative estimate of drug-likeness (QED) is 0.868. The molecule has 1 saturated carbocycles. The molecule has 0 spiro atoms. The molecule has 1 amide bonds. The molecule has 0 atom stereocenters. The van der Waals surface area contributed by atoms with Crippen molar-refractivity contribution in [1.29, 1.82) is 0 Å². The first-order valence-electron chi connectivity index (χ1n) is 8.04. The molecule has 126 valence electrons. The van der Waals surface area contributed by atoms with Crippen LogP contribution in [0.1, 0.15) is 48.2 Å². The molecule has 2 N–H and O–H groups in total. The number of aliphatic carboxylic acids is 1. The maximum Gasteiger partial charge on any atom is 0.305 e. The molecule has 0 bridgehead atoms. The summed E-state index contributed by atoms with van der Waals surface area (Å²) < 4.78 is 0. The van der Waals surface area contributed by atoms with Crippen LogP contribution in [0.4, 0.5) is 0 Å². The van der Waals surface area contributed by atoms with Gasteiger partial charge in [0, 0.05) is 10.9 Å². The summed E-state index contributed by atoms with van der Waals surface area (Å²) in [6, 6.07) is 5.60. The number of amides is 1. The molecule has 5 nitrogen and oxygen atoms in total. The third kappa shape index (κ3) is 3.48. The van der Waals surface area contributed by atoms with Crippen LogP contribution >= 0.6 is 11.3 Å². The Morgan fingerprint density at radius 2 is 2.04 bits per heavy atom. The Labute approximate surface area is 144 Å². The third-order valence-electron chi connectivity index (χ3n) is 4.58. The average molecular weight is 344 g/mol. The fraction of sp³-hybridized carbons (Fsp3) is 0.389. The van der Waals surface area contributed by atoms with E-state index in [2.05, 4.69) is 10.3 Å². The summed E-state index contributed by atoms with van der Waals surface area (Å²) in [4.78, 5) is 28.3. The SMILES string of the molecule is Cc1nc(-c2ccsc2)ccc1C(=O)NC1(CC(=O)O)CCCC1. The van der Waals surface area contributed by atoms with E-state index in [1.807, 2.05) is 29.8 Å². The van der Waals surface area contributed by atoms with Crippen LogP contribution in [0.3, 0.4) is 0 Å². The molecule has 0 aliphatic heterocycles. The van der Waals surface area contributed by atoms with E-state index in [4.69, 9.17) is 5.11 Å². The van der Waals surface area contributed by atoms with Crippen molar-refractivity contribution in [3.05, 3.63) is 40.2 Å². The molecule has 6 heteroatoms. The van der Waals surface area contributed by atoms with Gasteiger partial charge in [0.05, 0.1) is 28.9 Å². The van der Waals surface area contributed by atoms with Gasteiger partial charge in [0.1, 0.15) is 0 Å². The lowest BCUT2D eigenvalue weighted by Crippen LogP contribution is -2.48. The monoisotopic (exact) mass is 344 g/mol. The molecule has 1 fully saturated rings. The second-order valence-electron chi connectivity index (χ2n) is 6.35. The van der Waals surface area contributed by atoms with Gasteiger partial charge in [-0.1, -0.05) is 12.8 Å². The van der Waals surface area contributed by atoms with E-state index in [9.17, 15) is 9.59 Å². The lowest BCUT2D eigenvalue weighted by atomic mass is 9.92. The Bertz CT molecular complexity index is 750. The summed E-state index contributed by atoms with van der Waals surface area (Å²) in [6.07, 6.45) is 3.29. The fourth-order valence-electron chi connectivity index (χ4n) is 3.37. The number of hydrogen-bond donors (Lipinski definition) is 2. The molecule has 3 rings (SSSR count). The molecule has 0 saturated heterocycles. The van der Waals surface area contributed by atoms with E-state index < -0.39 is 11.5 Å². The number of carbonyl (C=O) groups is 2. The minimum atomic E-state index is -0.875. The van der Waals surface area contributed by atoms with E-state index in [0.29, 0.717) is 24.1 Å². The summed E-state index contributed by atoms with van der Waals surface area (Å²) in [7, 11) is 0. The molecule has 1 aliphatic carbocycles. The number of thiophene rings is 1. The molecule has 24 heavy (non-hydrogen) atoms.